The molecule has 3 N–H and O–H groups in total. The molecule has 0 saturated carbocycles. The molecular formula is C10H19NO5. The number of hydrogen-bond donors (Lipinski definition) is 3. The van der Waals surface area contributed by atoms with Crippen LogP contribution in [0.5, 0.6) is 0 Å². The molecule has 94 valence electrons. The number of carbonyl (C=O) groups is 1. The first-order valence-electron chi connectivity index (χ1n) is 5.33. The monoisotopic (exact) mass is 233 g/mol. The van der Waals surface area contributed by atoms with Crippen LogP contribution in [0, 0.1) is 0 Å². The maximum atomic E-state index is 11.1. The highest BCUT2D eigenvalue weighted by atomic mass is 16.5. The molecule has 2 unspecified atom stereocenters. The molecule has 1 aliphatic rings. The first-order valence-corrected chi connectivity index (χ1v) is 5.33. The fourth-order valence-corrected chi connectivity index (χ4v) is 1.95. The van der Waals surface area contributed by atoms with Crippen LogP contribution in [0.15, 0.2) is 0 Å². The Bertz CT molecular complexity index is 268. The Morgan fingerprint density at radius 3 is 2.56 bits per heavy atom. The van der Waals surface area contributed by atoms with Crippen molar-refractivity contribution in [2.24, 2.45) is 0 Å². The molecule has 0 aromatic rings. The van der Waals surface area contributed by atoms with Crippen molar-refractivity contribution in [2.75, 3.05) is 6.61 Å². The summed E-state index contributed by atoms with van der Waals surface area (Å²) in [5.74, 6) is 0. The van der Waals surface area contributed by atoms with Crippen LogP contribution in [-0.2, 0) is 4.74 Å². The summed E-state index contributed by atoms with van der Waals surface area (Å²) in [6, 6.07) is -0.720. The van der Waals surface area contributed by atoms with E-state index in [1.54, 1.807) is 20.8 Å². The van der Waals surface area contributed by atoms with Gasteiger partial charge in [-0.15, -0.1) is 0 Å². The van der Waals surface area contributed by atoms with Crippen molar-refractivity contribution in [3.8, 4) is 0 Å². The van der Waals surface area contributed by atoms with Gasteiger partial charge in [0.25, 0.3) is 0 Å². The Morgan fingerprint density at radius 2 is 2.12 bits per heavy atom. The van der Waals surface area contributed by atoms with E-state index in [2.05, 4.69) is 0 Å². The van der Waals surface area contributed by atoms with Crippen LogP contribution in [0.3, 0.4) is 0 Å². The molecule has 1 aliphatic heterocycles. The summed E-state index contributed by atoms with van der Waals surface area (Å²) in [6.07, 6.45) is -2.85. The van der Waals surface area contributed by atoms with Crippen molar-refractivity contribution in [1.29, 1.82) is 0 Å². The fraction of sp³-hybridized carbons (Fsp3) is 0.900. The van der Waals surface area contributed by atoms with Crippen LogP contribution in [0.1, 0.15) is 27.2 Å². The van der Waals surface area contributed by atoms with Crippen molar-refractivity contribution in [2.45, 2.75) is 51.2 Å². The van der Waals surface area contributed by atoms with Gasteiger partial charge in [0, 0.05) is 0 Å². The minimum absolute atomic E-state index is 0.0948. The molecule has 6 heteroatoms. The van der Waals surface area contributed by atoms with Gasteiger partial charge in [0.05, 0.1) is 18.8 Å². The zero-order valence-electron chi connectivity index (χ0n) is 9.75. The number of ether oxygens (including phenoxy) is 1. The lowest BCUT2D eigenvalue weighted by Gasteiger charge is -2.34. The molecular weight excluding hydrogens is 214 g/mol. The number of nitrogens with zero attached hydrogens (tertiary/aromatic N) is 1. The molecule has 1 saturated heterocycles. The van der Waals surface area contributed by atoms with Gasteiger partial charge in [-0.05, 0) is 20.3 Å². The number of amides is 1. The van der Waals surface area contributed by atoms with Gasteiger partial charge >= 0.3 is 6.09 Å². The van der Waals surface area contributed by atoms with Crippen LogP contribution in [0.2, 0.25) is 0 Å². The van der Waals surface area contributed by atoms with Gasteiger partial charge < -0.3 is 20.1 Å². The Balaban J connectivity index is 2.85. The van der Waals surface area contributed by atoms with Gasteiger partial charge in [-0.3, -0.25) is 4.90 Å². The summed E-state index contributed by atoms with van der Waals surface area (Å²) in [7, 11) is 0. The van der Waals surface area contributed by atoms with E-state index in [1.165, 1.54) is 0 Å². The average Bonchev–Trinajstić information content (AvgIpc) is 2.51. The number of rotatable bonds is 3. The number of hydrogen-bond acceptors (Lipinski definition) is 4. The lowest BCUT2D eigenvalue weighted by Crippen LogP contribution is -2.53. The molecule has 0 aromatic heterocycles. The van der Waals surface area contributed by atoms with E-state index >= 15 is 0 Å². The quantitative estimate of drug-likeness (QED) is 0.649. The van der Waals surface area contributed by atoms with E-state index in [4.69, 9.17) is 9.84 Å². The molecule has 6 nitrogen and oxygen atoms in total. The van der Waals surface area contributed by atoms with Crippen molar-refractivity contribution in [3.63, 3.8) is 0 Å². The maximum Gasteiger partial charge on any atom is 0.410 e. The molecule has 1 fully saturated rings. The predicted octanol–water partition coefficient (Wildman–Crippen LogP) is 0.233. The topological polar surface area (TPSA) is 90.2 Å². The maximum absolute atomic E-state index is 11.1. The Kier molecular flexibility index (Phi) is 3.77. The second kappa shape index (κ2) is 4.57. The zero-order chi connectivity index (χ0) is 12.5. The van der Waals surface area contributed by atoms with Crippen LogP contribution < -0.4 is 0 Å². The second-order valence-electron chi connectivity index (χ2n) is 4.44. The Hall–Kier alpha value is -0.850. The van der Waals surface area contributed by atoms with Crippen molar-refractivity contribution >= 4 is 6.09 Å². The smallest absolute Gasteiger partial charge is 0.410 e. The highest BCUT2D eigenvalue weighted by Crippen LogP contribution is 2.30. The molecule has 0 aliphatic carbocycles. The molecule has 0 radical (unpaired) electrons. The largest absolute Gasteiger partial charge is 0.465 e. The first kappa shape index (κ1) is 13.2. The lowest BCUT2D eigenvalue weighted by molar-refractivity contribution is -0.0578. The SMILES string of the molecule is CCC(O)C(O)[C@@H]1COC(C)(C)N1C(=O)O. The number of aliphatic hydroxyl groups is 2. The average molecular weight is 233 g/mol. The summed E-state index contributed by atoms with van der Waals surface area (Å²) < 4.78 is 5.32. The third-order valence-electron chi connectivity index (χ3n) is 2.93. The standard InChI is InChI=1S/C10H19NO5/c1-4-7(12)8(13)6-5-16-10(2,3)11(6)9(14)15/h6-8,12-13H,4-5H2,1-3H3,(H,14,15)/t6-,7?,8?/m0/s1. The number of carboxylic acid groups (broad SMARTS) is 1. The van der Waals surface area contributed by atoms with Gasteiger partial charge in [0.15, 0.2) is 0 Å². The van der Waals surface area contributed by atoms with E-state index in [0.717, 1.165) is 4.90 Å². The number of aliphatic hydroxyl groups excluding tert-OH is 2. The molecule has 1 heterocycles. The van der Waals surface area contributed by atoms with E-state index in [9.17, 15) is 15.0 Å². The first-order chi connectivity index (χ1) is 7.31. The molecule has 1 rings (SSSR count). The highest BCUT2D eigenvalue weighted by Gasteiger charge is 2.48. The zero-order valence-corrected chi connectivity index (χ0v) is 9.75. The molecule has 3 atom stereocenters. The molecule has 0 aromatic carbocycles. The third kappa shape index (κ3) is 2.28. The van der Waals surface area contributed by atoms with Crippen molar-refractivity contribution in [1.82, 2.24) is 4.90 Å². The van der Waals surface area contributed by atoms with Crippen LogP contribution in [0.4, 0.5) is 4.79 Å². The van der Waals surface area contributed by atoms with E-state index in [0.29, 0.717) is 6.42 Å². The highest BCUT2D eigenvalue weighted by molar-refractivity contribution is 5.66. The minimum Gasteiger partial charge on any atom is -0.465 e. The summed E-state index contributed by atoms with van der Waals surface area (Å²) in [5, 5.41) is 28.4. The molecule has 0 spiro atoms. The lowest BCUT2D eigenvalue weighted by atomic mass is 10.0. The Labute approximate surface area is 94.4 Å². The molecule has 0 bridgehead atoms. The molecule has 16 heavy (non-hydrogen) atoms. The Morgan fingerprint density at radius 1 is 1.56 bits per heavy atom. The van der Waals surface area contributed by atoms with Crippen LogP contribution >= 0.6 is 0 Å². The third-order valence-corrected chi connectivity index (χ3v) is 2.93. The van der Waals surface area contributed by atoms with Gasteiger partial charge in [0.2, 0.25) is 0 Å². The van der Waals surface area contributed by atoms with Crippen LogP contribution in [-0.4, -0.2) is 56.9 Å². The van der Waals surface area contributed by atoms with Gasteiger partial charge in [0.1, 0.15) is 11.8 Å². The summed E-state index contributed by atoms with van der Waals surface area (Å²) in [4.78, 5) is 12.1. The predicted molar refractivity (Wildman–Crippen MR) is 56.0 cm³/mol. The normalized spacial score (nSPS) is 27.8. The van der Waals surface area contributed by atoms with Crippen LogP contribution in [0.25, 0.3) is 0 Å². The summed E-state index contributed by atoms with van der Waals surface area (Å²) >= 11 is 0. The van der Waals surface area contributed by atoms with E-state index in [-0.39, 0.29) is 6.61 Å². The fourth-order valence-electron chi connectivity index (χ4n) is 1.95. The van der Waals surface area contributed by atoms with Gasteiger partial charge in [-0.2, -0.15) is 0 Å². The van der Waals surface area contributed by atoms with Gasteiger partial charge in [-0.1, -0.05) is 6.92 Å². The van der Waals surface area contributed by atoms with E-state index in [1.807, 2.05) is 0 Å². The summed E-state index contributed by atoms with van der Waals surface area (Å²) in [5.41, 5.74) is -0.967. The van der Waals surface area contributed by atoms with Gasteiger partial charge in [-0.25, -0.2) is 4.79 Å². The second-order valence-corrected chi connectivity index (χ2v) is 4.44. The van der Waals surface area contributed by atoms with Crippen molar-refractivity contribution < 1.29 is 24.9 Å². The molecule has 1 amide bonds. The minimum atomic E-state index is -1.16. The van der Waals surface area contributed by atoms with Crippen molar-refractivity contribution in [3.05, 3.63) is 0 Å². The van der Waals surface area contributed by atoms with E-state index < -0.39 is 30.1 Å². The summed E-state index contributed by atoms with van der Waals surface area (Å²) in [6.45, 7) is 5.05.